The van der Waals surface area contributed by atoms with E-state index < -0.39 is 15.6 Å². The van der Waals surface area contributed by atoms with Gasteiger partial charge in [-0.15, -0.1) is 23.2 Å². The van der Waals surface area contributed by atoms with Gasteiger partial charge < -0.3 is 0 Å². The molecular formula is C10H21Cl2NO2S. The smallest absolute Gasteiger partial charge is 0.212 e. The van der Waals surface area contributed by atoms with Crippen LogP contribution in [-0.4, -0.2) is 31.5 Å². The first kappa shape index (κ1) is 16.5. The molecule has 0 heterocycles. The van der Waals surface area contributed by atoms with Gasteiger partial charge in [-0.05, 0) is 18.8 Å². The lowest BCUT2D eigenvalue weighted by atomic mass is 9.94. The van der Waals surface area contributed by atoms with E-state index in [1.54, 1.807) is 6.92 Å². The van der Waals surface area contributed by atoms with Gasteiger partial charge >= 0.3 is 0 Å². The summed E-state index contributed by atoms with van der Waals surface area (Å²) < 4.78 is 26.1. The largest absolute Gasteiger partial charge is 0.212 e. The molecule has 0 bridgehead atoms. The van der Waals surface area contributed by atoms with Crippen molar-refractivity contribution < 1.29 is 8.42 Å². The van der Waals surface area contributed by atoms with E-state index in [1.807, 2.05) is 20.8 Å². The van der Waals surface area contributed by atoms with Crippen LogP contribution in [0, 0.1) is 5.41 Å². The summed E-state index contributed by atoms with van der Waals surface area (Å²) >= 11 is 11.4. The maximum Gasteiger partial charge on any atom is 0.212 e. The average molecular weight is 290 g/mol. The summed E-state index contributed by atoms with van der Waals surface area (Å²) in [6, 6.07) is 0. The van der Waals surface area contributed by atoms with Gasteiger partial charge in [-0.1, -0.05) is 20.8 Å². The van der Waals surface area contributed by atoms with Gasteiger partial charge in [-0.3, -0.25) is 0 Å². The van der Waals surface area contributed by atoms with Crippen molar-refractivity contribution in [3.8, 4) is 0 Å². The van der Waals surface area contributed by atoms with Crippen LogP contribution in [0.3, 0.4) is 0 Å². The molecule has 0 rings (SSSR count). The van der Waals surface area contributed by atoms with Crippen LogP contribution in [0.1, 0.15) is 34.1 Å². The molecule has 1 N–H and O–H groups in total. The van der Waals surface area contributed by atoms with Crippen molar-refractivity contribution in [2.24, 2.45) is 5.41 Å². The molecule has 0 radical (unpaired) electrons. The highest BCUT2D eigenvalue weighted by molar-refractivity contribution is 7.89. The molecule has 0 atom stereocenters. The van der Waals surface area contributed by atoms with E-state index in [4.69, 9.17) is 23.2 Å². The minimum absolute atomic E-state index is 0.00686. The highest BCUT2D eigenvalue weighted by Crippen LogP contribution is 2.20. The molecular weight excluding hydrogens is 269 g/mol. The Bertz CT molecular complexity index is 305. The van der Waals surface area contributed by atoms with Crippen LogP contribution in [0.15, 0.2) is 0 Å². The number of hydrogen-bond acceptors (Lipinski definition) is 2. The third-order valence-electron chi connectivity index (χ3n) is 2.11. The lowest BCUT2D eigenvalue weighted by molar-refractivity contribution is 0.394. The quantitative estimate of drug-likeness (QED) is 0.764. The van der Waals surface area contributed by atoms with Crippen molar-refractivity contribution in [2.75, 3.05) is 17.5 Å². The van der Waals surface area contributed by atoms with E-state index in [9.17, 15) is 8.42 Å². The molecule has 0 unspecified atom stereocenters. The van der Waals surface area contributed by atoms with E-state index in [2.05, 4.69) is 4.72 Å². The lowest BCUT2D eigenvalue weighted by Gasteiger charge is -2.26. The van der Waals surface area contributed by atoms with Crippen molar-refractivity contribution >= 4 is 33.2 Å². The second-order valence-electron chi connectivity index (χ2n) is 5.56. The van der Waals surface area contributed by atoms with Gasteiger partial charge in [-0.25, -0.2) is 13.1 Å². The fourth-order valence-electron chi connectivity index (χ4n) is 0.957. The summed E-state index contributed by atoms with van der Waals surface area (Å²) in [5, 5.41) is 0. The topological polar surface area (TPSA) is 46.2 Å². The molecule has 0 aliphatic heterocycles. The molecule has 0 saturated heterocycles. The maximum atomic E-state index is 11.8. The highest BCUT2D eigenvalue weighted by atomic mass is 35.5. The van der Waals surface area contributed by atoms with Gasteiger partial charge in [0.25, 0.3) is 0 Å². The molecule has 0 aromatic heterocycles. The normalized spacial score (nSPS) is 14.1. The lowest BCUT2D eigenvalue weighted by Crippen LogP contribution is -2.50. The third kappa shape index (κ3) is 6.94. The molecule has 16 heavy (non-hydrogen) atoms. The van der Waals surface area contributed by atoms with E-state index in [-0.39, 0.29) is 22.9 Å². The summed E-state index contributed by atoms with van der Waals surface area (Å²) in [5.74, 6) is 0.413. The van der Waals surface area contributed by atoms with Crippen molar-refractivity contribution in [1.29, 1.82) is 0 Å². The molecule has 0 aromatic rings. The molecule has 0 amide bonds. The van der Waals surface area contributed by atoms with Crippen LogP contribution in [0.4, 0.5) is 0 Å². The zero-order valence-electron chi connectivity index (χ0n) is 10.3. The van der Waals surface area contributed by atoms with Crippen molar-refractivity contribution in [3.05, 3.63) is 0 Å². The minimum atomic E-state index is -3.32. The monoisotopic (exact) mass is 289 g/mol. The van der Waals surface area contributed by atoms with Crippen molar-refractivity contribution in [3.63, 3.8) is 0 Å². The van der Waals surface area contributed by atoms with E-state index in [0.717, 1.165) is 0 Å². The van der Waals surface area contributed by atoms with Gasteiger partial charge in [0.05, 0.1) is 11.3 Å². The first-order valence-electron chi connectivity index (χ1n) is 5.17. The molecule has 98 valence electrons. The van der Waals surface area contributed by atoms with Crippen LogP contribution in [-0.2, 0) is 10.0 Å². The van der Waals surface area contributed by atoms with Crippen molar-refractivity contribution in [1.82, 2.24) is 4.72 Å². The summed E-state index contributed by atoms with van der Waals surface area (Å²) in [7, 11) is -3.32. The summed E-state index contributed by atoms with van der Waals surface area (Å²) in [5.41, 5.74) is -0.771. The van der Waals surface area contributed by atoms with Gasteiger partial charge in [0.15, 0.2) is 0 Å². The standard InChI is InChI=1S/C10H21Cl2NO2S/c1-9(2,3)5-6-16(14,15)13-10(4,7-11)8-12/h13H,5-8H2,1-4H3. The number of rotatable bonds is 6. The van der Waals surface area contributed by atoms with Gasteiger partial charge in [0.2, 0.25) is 10.0 Å². The van der Waals surface area contributed by atoms with E-state index >= 15 is 0 Å². The Labute approximate surface area is 109 Å². The first-order chi connectivity index (χ1) is 7.04. The second-order valence-corrected chi connectivity index (χ2v) is 7.94. The Hall–Kier alpha value is 0.490. The Morgan fingerprint density at radius 3 is 1.81 bits per heavy atom. The van der Waals surface area contributed by atoms with Gasteiger partial charge in [0, 0.05) is 11.8 Å². The zero-order valence-corrected chi connectivity index (χ0v) is 12.6. The van der Waals surface area contributed by atoms with Crippen LogP contribution >= 0.6 is 23.2 Å². The Balaban J connectivity index is 4.47. The van der Waals surface area contributed by atoms with Crippen LogP contribution in [0.5, 0.6) is 0 Å². The Morgan fingerprint density at radius 1 is 1.06 bits per heavy atom. The third-order valence-corrected chi connectivity index (χ3v) is 4.84. The predicted molar refractivity (Wildman–Crippen MR) is 70.8 cm³/mol. The molecule has 0 fully saturated rings. The van der Waals surface area contributed by atoms with Crippen LogP contribution < -0.4 is 4.72 Å². The minimum Gasteiger partial charge on any atom is -0.212 e. The highest BCUT2D eigenvalue weighted by Gasteiger charge is 2.28. The Kier molecular flexibility index (Phi) is 6.07. The molecule has 0 aromatic carbocycles. The molecule has 3 nitrogen and oxygen atoms in total. The van der Waals surface area contributed by atoms with E-state index in [0.29, 0.717) is 6.42 Å². The summed E-state index contributed by atoms with van der Waals surface area (Å²) in [4.78, 5) is 0. The molecule has 0 spiro atoms. The second kappa shape index (κ2) is 5.89. The average Bonchev–Trinajstić information content (AvgIpc) is 2.13. The van der Waals surface area contributed by atoms with Gasteiger partial charge in [-0.2, -0.15) is 0 Å². The SMILES string of the molecule is CC(C)(C)CCS(=O)(=O)NC(C)(CCl)CCl. The number of alkyl halides is 2. The fourth-order valence-corrected chi connectivity index (χ4v) is 3.41. The summed E-state index contributed by atoms with van der Waals surface area (Å²) in [6.45, 7) is 7.71. The number of hydrogen-bond donors (Lipinski definition) is 1. The van der Waals surface area contributed by atoms with Gasteiger partial charge in [0.1, 0.15) is 0 Å². The number of halogens is 2. The summed E-state index contributed by atoms with van der Waals surface area (Å²) in [6.07, 6.45) is 0.600. The zero-order chi connectivity index (χ0) is 13.0. The van der Waals surface area contributed by atoms with Crippen LogP contribution in [0.25, 0.3) is 0 Å². The molecule has 0 aliphatic carbocycles. The molecule has 0 saturated carbocycles. The fraction of sp³-hybridized carbons (Fsp3) is 1.00. The van der Waals surface area contributed by atoms with E-state index in [1.165, 1.54) is 0 Å². The molecule has 6 heteroatoms. The van der Waals surface area contributed by atoms with Crippen LogP contribution in [0.2, 0.25) is 0 Å². The predicted octanol–water partition coefficient (Wildman–Crippen LogP) is 2.58. The molecule has 0 aliphatic rings. The number of sulfonamides is 1. The Morgan fingerprint density at radius 2 is 1.50 bits per heavy atom. The first-order valence-corrected chi connectivity index (χ1v) is 7.89. The maximum absolute atomic E-state index is 11.8. The van der Waals surface area contributed by atoms with Crippen molar-refractivity contribution in [2.45, 2.75) is 39.7 Å². The number of nitrogens with one attached hydrogen (secondary N) is 1.